The first-order valence-corrected chi connectivity index (χ1v) is 6.54. The highest BCUT2D eigenvalue weighted by Gasteiger charge is 2.28. The first-order chi connectivity index (χ1) is 7.16. The summed E-state index contributed by atoms with van der Waals surface area (Å²) in [5.74, 6) is 0.669. The first kappa shape index (κ1) is 11.4. The molecule has 0 nitrogen and oxygen atoms in total. The van der Waals surface area contributed by atoms with Crippen LogP contribution in [0, 0.1) is 11.7 Å². The molecule has 0 radical (unpaired) electrons. The highest BCUT2D eigenvalue weighted by Crippen LogP contribution is 2.38. The topological polar surface area (TPSA) is 0 Å². The van der Waals surface area contributed by atoms with Crippen LogP contribution in [0.1, 0.15) is 24.8 Å². The third kappa shape index (κ3) is 3.18. The van der Waals surface area contributed by atoms with Gasteiger partial charge in [-0.05, 0) is 55.4 Å². The molecule has 0 N–H and O–H groups in total. The second-order valence-electron chi connectivity index (χ2n) is 4.13. The third-order valence-electron chi connectivity index (χ3n) is 2.83. The van der Waals surface area contributed by atoms with Crippen molar-refractivity contribution in [3.05, 3.63) is 34.6 Å². The van der Waals surface area contributed by atoms with Crippen molar-refractivity contribution in [1.82, 2.24) is 0 Å². The maximum atomic E-state index is 13.4. The number of aryl methyl sites for hydroxylation is 1. The molecule has 82 valence electrons. The van der Waals surface area contributed by atoms with Gasteiger partial charge in [0.1, 0.15) is 5.82 Å². The van der Waals surface area contributed by atoms with Crippen molar-refractivity contribution in [3.8, 4) is 0 Å². The molecule has 0 aromatic heterocycles. The molecule has 15 heavy (non-hydrogen) atoms. The monoisotopic (exact) mass is 290 g/mol. The van der Waals surface area contributed by atoms with Gasteiger partial charge < -0.3 is 0 Å². The lowest BCUT2D eigenvalue weighted by molar-refractivity contribution is 0.597. The van der Waals surface area contributed by atoms with E-state index >= 15 is 0 Å². The highest BCUT2D eigenvalue weighted by molar-refractivity contribution is 9.09. The Labute approximate surface area is 103 Å². The predicted molar refractivity (Wildman–Crippen MR) is 65.2 cm³/mol. The maximum Gasteiger partial charge on any atom is 0.126 e. The third-order valence-corrected chi connectivity index (χ3v) is 4.27. The highest BCUT2D eigenvalue weighted by atomic mass is 79.9. The van der Waals surface area contributed by atoms with Gasteiger partial charge in [0.15, 0.2) is 0 Å². The summed E-state index contributed by atoms with van der Waals surface area (Å²) in [5, 5.41) is 0.615. The largest absolute Gasteiger partial charge is 0.207 e. The van der Waals surface area contributed by atoms with Gasteiger partial charge in [0, 0.05) is 9.85 Å². The first-order valence-electron chi connectivity index (χ1n) is 5.25. The molecule has 1 aromatic carbocycles. The molecule has 0 aliphatic heterocycles. The van der Waals surface area contributed by atoms with Gasteiger partial charge in [-0.3, -0.25) is 0 Å². The molecule has 1 unspecified atom stereocenters. The number of alkyl halides is 1. The van der Waals surface area contributed by atoms with Crippen LogP contribution in [0.5, 0.6) is 0 Å². The molecule has 1 saturated carbocycles. The normalized spacial score (nSPS) is 17.8. The van der Waals surface area contributed by atoms with Crippen LogP contribution >= 0.6 is 27.5 Å². The molecular weight excluding hydrogens is 278 g/mol. The Bertz CT molecular complexity index is 349. The van der Waals surface area contributed by atoms with Crippen LogP contribution in [0.25, 0.3) is 0 Å². The molecule has 1 aliphatic rings. The summed E-state index contributed by atoms with van der Waals surface area (Å²) in [6, 6.07) is 4.76. The molecule has 0 amide bonds. The van der Waals surface area contributed by atoms with Crippen LogP contribution < -0.4 is 0 Å². The van der Waals surface area contributed by atoms with Gasteiger partial charge in [-0.1, -0.05) is 27.5 Å². The number of benzene rings is 1. The molecule has 1 aliphatic carbocycles. The minimum atomic E-state index is -0.144. The fraction of sp³-hybridized carbons (Fsp3) is 0.500. The van der Waals surface area contributed by atoms with Crippen molar-refractivity contribution in [3.63, 3.8) is 0 Å². The van der Waals surface area contributed by atoms with E-state index in [0.29, 0.717) is 9.85 Å². The Morgan fingerprint density at radius 3 is 2.87 bits per heavy atom. The van der Waals surface area contributed by atoms with E-state index in [9.17, 15) is 4.39 Å². The van der Waals surface area contributed by atoms with Crippen molar-refractivity contribution in [2.24, 2.45) is 5.92 Å². The van der Waals surface area contributed by atoms with Crippen molar-refractivity contribution in [2.75, 3.05) is 0 Å². The molecule has 3 heteroatoms. The van der Waals surface area contributed by atoms with Gasteiger partial charge in [-0.15, -0.1) is 0 Å². The second-order valence-corrected chi connectivity index (χ2v) is 5.74. The molecule has 0 heterocycles. The molecule has 0 saturated heterocycles. The quantitative estimate of drug-likeness (QED) is 0.712. The van der Waals surface area contributed by atoms with Gasteiger partial charge in [0.25, 0.3) is 0 Å². The van der Waals surface area contributed by atoms with E-state index in [1.165, 1.54) is 18.9 Å². The van der Waals surface area contributed by atoms with E-state index in [4.69, 9.17) is 11.6 Å². The summed E-state index contributed by atoms with van der Waals surface area (Å²) in [6.07, 6.45) is 4.38. The Morgan fingerprint density at radius 1 is 1.47 bits per heavy atom. The van der Waals surface area contributed by atoms with Crippen LogP contribution in [0.4, 0.5) is 4.39 Å². The van der Waals surface area contributed by atoms with E-state index in [0.717, 1.165) is 24.3 Å². The zero-order chi connectivity index (χ0) is 10.8. The zero-order valence-corrected chi connectivity index (χ0v) is 10.7. The molecule has 1 fully saturated rings. The minimum absolute atomic E-state index is 0.144. The fourth-order valence-electron chi connectivity index (χ4n) is 1.72. The molecule has 1 aromatic rings. The summed E-state index contributed by atoms with van der Waals surface area (Å²) in [4.78, 5) is 0.538. The molecule has 0 spiro atoms. The summed E-state index contributed by atoms with van der Waals surface area (Å²) in [5.41, 5.74) is 0.729. The van der Waals surface area contributed by atoms with Gasteiger partial charge in [0.2, 0.25) is 0 Å². The van der Waals surface area contributed by atoms with E-state index in [1.807, 2.05) is 0 Å². The van der Waals surface area contributed by atoms with Crippen molar-refractivity contribution < 1.29 is 4.39 Å². The van der Waals surface area contributed by atoms with E-state index in [2.05, 4.69) is 15.9 Å². The van der Waals surface area contributed by atoms with Gasteiger partial charge in [0.05, 0.1) is 0 Å². The molecule has 1 atom stereocenters. The van der Waals surface area contributed by atoms with Crippen LogP contribution in [0.2, 0.25) is 5.02 Å². The SMILES string of the molecule is Fc1ccc(Cl)cc1CCC(Br)C1CC1. The summed E-state index contributed by atoms with van der Waals surface area (Å²) in [7, 11) is 0. The lowest BCUT2D eigenvalue weighted by atomic mass is 10.1. The van der Waals surface area contributed by atoms with E-state index in [-0.39, 0.29) is 5.82 Å². The number of halogens is 3. The lowest BCUT2D eigenvalue weighted by Gasteiger charge is -2.08. The number of hydrogen-bond donors (Lipinski definition) is 0. The summed E-state index contributed by atoms with van der Waals surface area (Å²) < 4.78 is 13.4. The Morgan fingerprint density at radius 2 is 2.20 bits per heavy atom. The lowest BCUT2D eigenvalue weighted by Crippen LogP contribution is -2.03. The summed E-state index contributed by atoms with van der Waals surface area (Å²) in [6.45, 7) is 0. The van der Waals surface area contributed by atoms with Gasteiger partial charge in [-0.2, -0.15) is 0 Å². The molecular formula is C12H13BrClF. The van der Waals surface area contributed by atoms with Crippen LogP contribution in [0.15, 0.2) is 18.2 Å². The fourth-order valence-corrected chi connectivity index (χ4v) is 2.67. The summed E-state index contributed by atoms with van der Waals surface area (Å²) >= 11 is 9.48. The van der Waals surface area contributed by atoms with E-state index in [1.54, 1.807) is 12.1 Å². The average molecular weight is 292 g/mol. The Balaban J connectivity index is 1.94. The Hall–Kier alpha value is -0.0800. The second kappa shape index (κ2) is 4.84. The number of hydrogen-bond acceptors (Lipinski definition) is 0. The smallest absolute Gasteiger partial charge is 0.126 e. The van der Waals surface area contributed by atoms with Crippen molar-refractivity contribution in [2.45, 2.75) is 30.5 Å². The van der Waals surface area contributed by atoms with Crippen molar-refractivity contribution in [1.29, 1.82) is 0 Å². The number of rotatable bonds is 4. The minimum Gasteiger partial charge on any atom is -0.207 e. The molecule has 0 bridgehead atoms. The molecule has 2 rings (SSSR count). The maximum absolute atomic E-state index is 13.4. The predicted octanol–water partition coefficient (Wildman–Crippen LogP) is 4.59. The van der Waals surface area contributed by atoms with Crippen LogP contribution in [-0.4, -0.2) is 4.83 Å². The van der Waals surface area contributed by atoms with Gasteiger partial charge in [-0.25, -0.2) is 4.39 Å². The average Bonchev–Trinajstić information content (AvgIpc) is 3.02. The van der Waals surface area contributed by atoms with Crippen LogP contribution in [-0.2, 0) is 6.42 Å². The Kier molecular flexibility index (Phi) is 3.68. The van der Waals surface area contributed by atoms with Crippen molar-refractivity contribution >= 4 is 27.5 Å². The van der Waals surface area contributed by atoms with Gasteiger partial charge >= 0.3 is 0 Å². The zero-order valence-electron chi connectivity index (χ0n) is 8.35. The standard InChI is InChI=1S/C12H13BrClF/c13-11(8-1-2-8)5-3-9-7-10(14)4-6-12(9)15/h4,6-8,11H,1-3,5H2. The van der Waals surface area contributed by atoms with E-state index < -0.39 is 0 Å². The van der Waals surface area contributed by atoms with Crippen LogP contribution in [0.3, 0.4) is 0 Å².